The zero-order valence-corrected chi connectivity index (χ0v) is 9.30. The first-order chi connectivity index (χ1) is 6.20. The lowest BCUT2D eigenvalue weighted by Crippen LogP contribution is -2.08. The molecule has 1 rings (SSSR count). The van der Waals surface area contributed by atoms with Crippen molar-refractivity contribution in [2.75, 3.05) is 0 Å². The van der Waals surface area contributed by atoms with E-state index >= 15 is 0 Å². The molecule has 0 N–H and O–H groups in total. The van der Waals surface area contributed by atoms with Gasteiger partial charge in [0.25, 0.3) is 0 Å². The highest BCUT2D eigenvalue weighted by atomic mass is 35.5. The fourth-order valence-electron chi connectivity index (χ4n) is 1.49. The summed E-state index contributed by atoms with van der Waals surface area (Å²) in [5.74, 6) is 0.571. The molecule has 0 unspecified atom stereocenters. The fraction of sp³-hybridized carbons (Fsp3) is 0.700. The topological polar surface area (TPSA) is 17.8 Å². The molecule has 0 aromatic carbocycles. The smallest absolute Gasteiger partial charge is 0.0536 e. The minimum atomic E-state index is 0.429. The van der Waals surface area contributed by atoms with E-state index in [0.29, 0.717) is 11.9 Å². The third-order valence-corrected chi connectivity index (χ3v) is 2.39. The molecule has 3 heteroatoms. The highest BCUT2D eigenvalue weighted by molar-refractivity contribution is 6.17. The summed E-state index contributed by atoms with van der Waals surface area (Å²) in [4.78, 5) is 0. The lowest BCUT2D eigenvalue weighted by molar-refractivity contribution is 0.506. The van der Waals surface area contributed by atoms with Crippen molar-refractivity contribution in [1.29, 1.82) is 0 Å². The average molecular weight is 201 g/mol. The Balaban J connectivity index is 2.99. The number of halogens is 1. The maximum absolute atomic E-state index is 5.83. The highest BCUT2D eigenvalue weighted by Gasteiger charge is 2.10. The van der Waals surface area contributed by atoms with E-state index in [2.05, 4.69) is 30.6 Å². The van der Waals surface area contributed by atoms with Crippen LogP contribution >= 0.6 is 11.6 Å². The standard InChI is InChI=1S/C10H17ClN2/c1-4-5-10-9(6-11)7-12-13(10)8(2)3/h7-8H,4-6H2,1-3H3. The van der Waals surface area contributed by atoms with Crippen molar-refractivity contribution in [3.63, 3.8) is 0 Å². The van der Waals surface area contributed by atoms with Gasteiger partial charge in [-0.1, -0.05) is 13.3 Å². The van der Waals surface area contributed by atoms with E-state index in [9.17, 15) is 0 Å². The first-order valence-corrected chi connectivity index (χ1v) is 5.35. The summed E-state index contributed by atoms with van der Waals surface area (Å²) in [7, 11) is 0. The normalized spacial score (nSPS) is 11.2. The Morgan fingerprint density at radius 1 is 1.54 bits per heavy atom. The van der Waals surface area contributed by atoms with Crippen LogP contribution < -0.4 is 0 Å². The Morgan fingerprint density at radius 2 is 2.23 bits per heavy atom. The molecule has 0 fully saturated rings. The largest absolute Gasteiger partial charge is 0.267 e. The first kappa shape index (κ1) is 10.6. The van der Waals surface area contributed by atoms with Crippen LogP contribution in [0.25, 0.3) is 0 Å². The number of rotatable bonds is 4. The Hall–Kier alpha value is -0.500. The van der Waals surface area contributed by atoms with Gasteiger partial charge in [-0.3, -0.25) is 4.68 Å². The van der Waals surface area contributed by atoms with Crippen molar-refractivity contribution in [2.45, 2.75) is 45.5 Å². The van der Waals surface area contributed by atoms with E-state index in [0.717, 1.165) is 12.8 Å². The summed E-state index contributed by atoms with van der Waals surface area (Å²) in [5, 5.41) is 4.34. The second kappa shape index (κ2) is 4.66. The predicted molar refractivity (Wildman–Crippen MR) is 56.2 cm³/mol. The van der Waals surface area contributed by atoms with Crippen LogP contribution in [0.2, 0.25) is 0 Å². The fourth-order valence-corrected chi connectivity index (χ4v) is 1.72. The second-order valence-electron chi connectivity index (χ2n) is 3.54. The summed E-state index contributed by atoms with van der Waals surface area (Å²) in [6.45, 7) is 6.46. The van der Waals surface area contributed by atoms with Crippen LogP contribution in [-0.2, 0) is 12.3 Å². The van der Waals surface area contributed by atoms with Crippen LogP contribution in [0.1, 0.15) is 44.5 Å². The van der Waals surface area contributed by atoms with Crippen molar-refractivity contribution >= 4 is 11.6 Å². The summed E-state index contributed by atoms with van der Waals surface area (Å²) in [6.07, 6.45) is 4.10. The van der Waals surface area contributed by atoms with Crippen LogP contribution in [0.3, 0.4) is 0 Å². The van der Waals surface area contributed by atoms with E-state index in [1.807, 2.05) is 6.20 Å². The van der Waals surface area contributed by atoms with Gasteiger partial charge >= 0.3 is 0 Å². The van der Waals surface area contributed by atoms with Gasteiger partial charge < -0.3 is 0 Å². The molecular weight excluding hydrogens is 184 g/mol. The van der Waals surface area contributed by atoms with Gasteiger partial charge in [0, 0.05) is 17.3 Å². The molecule has 0 bridgehead atoms. The zero-order chi connectivity index (χ0) is 9.84. The molecule has 0 spiro atoms. The van der Waals surface area contributed by atoms with Gasteiger partial charge in [-0.05, 0) is 20.3 Å². The van der Waals surface area contributed by atoms with E-state index in [-0.39, 0.29) is 0 Å². The quantitative estimate of drug-likeness (QED) is 0.683. The van der Waals surface area contributed by atoms with Crippen molar-refractivity contribution < 1.29 is 0 Å². The van der Waals surface area contributed by atoms with Gasteiger partial charge in [0.15, 0.2) is 0 Å². The monoisotopic (exact) mass is 200 g/mol. The number of hydrogen-bond acceptors (Lipinski definition) is 1. The molecule has 1 aromatic heterocycles. The third kappa shape index (κ3) is 2.25. The predicted octanol–water partition coefficient (Wildman–Crippen LogP) is 3.16. The van der Waals surface area contributed by atoms with Crippen LogP contribution in [0, 0.1) is 0 Å². The maximum Gasteiger partial charge on any atom is 0.0536 e. The molecule has 0 aliphatic rings. The summed E-state index contributed by atoms with van der Waals surface area (Å²) < 4.78 is 2.07. The van der Waals surface area contributed by atoms with Gasteiger partial charge in [0.1, 0.15) is 0 Å². The molecular formula is C10H17ClN2. The lowest BCUT2D eigenvalue weighted by atomic mass is 10.2. The molecule has 13 heavy (non-hydrogen) atoms. The van der Waals surface area contributed by atoms with Crippen LogP contribution in [0.15, 0.2) is 6.20 Å². The summed E-state index contributed by atoms with van der Waals surface area (Å²) in [6, 6.07) is 0.429. The number of aromatic nitrogens is 2. The molecule has 0 radical (unpaired) electrons. The lowest BCUT2D eigenvalue weighted by Gasteiger charge is -2.11. The molecule has 0 saturated carbocycles. The minimum Gasteiger partial charge on any atom is -0.267 e. The van der Waals surface area contributed by atoms with E-state index < -0.39 is 0 Å². The first-order valence-electron chi connectivity index (χ1n) is 4.81. The van der Waals surface area contributed by atoms with E-state index in [4.69, 9.17) is 11.6 Å². The van der Waals surface area contributed by atoms with Crippen LogP contribution in [0.5, 0.6) is 0 Å². The zero-order valence-electron chi connectivity index (χ0n) is 8.55. The molecule has 1 aromatic rings. The van der Waals surface area contributed by atoms with Crippen LogP contribution in [-0.4, -0.2) is 9.78 Å². The average Bonchev–Trinajstić information content (AvgIpc) is 2.48. The Bertz CT molecular complexity index is 266. The Labute approximate surface area is 84.9 Å². The molecule has 0 atom stereocenters. The van der Waals surface area contributed by atoms with Crippen molar-refractivity contribution in [2.24, 2.45) is 0 Å². The number of hydrogen-bond donors (Lipinski definition) is 0. The maximum atomic E-state index is 5.83. The number of alkyl halides is 1. The Morgan fingerprint density at radius 3 is 2.69 bits per heavy atom. The molecule has 0 saturated heterocycles. The van der Waals surface area contributed by atoms with Gasteiger partial charge in [0.2, 0.25) is 0 Å². The minimum absolute atomic E-state index is 0.429. The molecule has 74 valence electrons. The van der Waals surface area contributed by atoms with Gasteiger partial charge in [-0.2, -0.15) is 5.10 Å². The van der Waals surface area contributed by atoms with E-state index in [1.54, 1.807) is 0 Å². The summed E-state index contributed by atoms with van der Waals surface area (Å²) >= 11 is 5.83. The van der Waals surface area contributed by atoms with Gasteiger partial charge in [-0.25, -0.2) is 0 Å². The van der Waals surface area contributed by atoms with Crippen LogP contribution in [0.4, 0.5) is 0 Å². The molecule has 0 amide bonds. The molecule has 1 heterocycles. The third-order valence-electron chi connectivity index (χ3n) is 2.11. The van der Waals surface area contributed by atoms with Gasteiger partial charge in [-0.15, -0.1) is 11.6 Å². The second-order valence-corrected chi connectivity index (χ2v) is 3.81. The number of nitrogens with zero attached hydrogens (tertiary/aromatic N) is 2. The van der Waals surface area contributed by atoms with Gasteiger partial charge in [0.05, 0.1) is 12.1 Å². The summed E-state index contributed by atoms with van der Waals surface area (Å²) in [5.41, 5.74) is 2.48. The Kier molecular flexibility index (Phi) is 3.79. The highest BCUT2D eigenvalue weighted by Crippen LogP contribution is 2.17. The molecule has 0 aliphatic heterocycles. The SMILES string of the molecule is CCCc1c(CCl)cnn1C(C)C. The van der Waals surface area contributed by atoms with Crippen molar-refractivity contribution in [1.82, 2.24) is 9.78 Å². The molecule has 0 aliphatic carbocycles. The van der Waals surface area contributed by atoms with Crippen molar-refractivity contribution in [3.05, 3.63) is 17.5 Å². The van der Waals surface area contributed by atoms with Crippen molar-refractivity contribution in [3.8, 4) is 0 Å². The van der Waals surface area contributed by atoms with E-state index in [1.165, 1.54) is 11.3 Å². The molecule has 2 nitrogen and oxygen atoms in total.